The van der Waals surface area contributed by atoms with Gasteiger partial charge in [-0.1, -0.05) is 12.1 Å². The van der Waals surface area contributed by atoms with Gasteiger partial charge >= 0.3 is 0 Å². The van der Waals surface area contributed by atoms with E-state index in [0.29, 0.717) is 22.6 Å². The van der Waals surface area contributed by atoms with Crippen molar-refractivity contribution in [2.45, 2.75) is 0 Å². The fourth-order valence-corrected chi connectivity index (χ4v) is 2.06. The van der Waals surface area contributed by atoms with Crippen LogP contribution >= 0.6 is 0 Å². The summed E-state index contributed by atoms with van der Waals surface area (Å²) < 4.78 is 5.74. The smallest absolute Gasteiger partial charge is 0.248 e. The number of ether oxygens (including phenoxy) is 1. The molecule has 2 aromatic carbocycles. The summed E-state index contributed by atoms with van der Waals surface area (Å²) in [6.07, 6.45) is 0. The summed E-state index contributed by atoms with van der Waals surface area (Å²) >= 11 is 0. The fourth-order valence-electron chi connectivity index (χ4n) is 2.06. The number of H-pyrrole nitrogens is 1. The van der Waals surface area contributed by atoms with Crippen molar-refractivity contribution in [1.82, 2.24) is 4.98 Å². The number of aromatic amines is 1. The molecule has 5 nitrogen and oxygen atoms in total. The topological polar surface area (TPSA) is 92.0 Å². The zero-order valence-electron chi connectivity index (χ0n) is 11.1. The van der Waals surface area contributed by atoms with E-state index in [4.69, 9.17) is 15.9 Å². The molecule has 4 N–H and O–H groups in total. The molecule has 3 rings (SSSR count). The molecule has 1 aromatic heterocycles. The lowest BCUT2D eigenvalue weighted by Crippen LogP contribution is -2.10. The van der Waals surface area contributed by atoms with Crippen LogP contribution in [0.3, 0.4) is 0 Å². The minimum atomic E-state index is -0.154. The van der Waals surface area contributed by atoms with E-state index in [1.54, 1.807) is 36.4 Å². The Morgan fingerprint density at radius 3 is 2.62 bits per heavy atom. The fraction of sp³-hybridized carbons (Fsp3) is 0. The third-order valence-corrected chi connectivity index (χ3v) is 3.08. The maximum absolute atomic E-state index is 11.3. The Bertz CT molecular complexity index is 884. The minimum absolute atomic E-state index is 0.0108. The number of fused-ring (bicyclic) bond motifs is 1. The van der Waals surface area contributed by atoms with Crippen LogP contribution < -0.4 is 16.0 Å². The van der Waals surface area contributed by atoms with Crippen LogP contribution in [0.5, 0.6) is 11.5 Å². The van der Waals surface area contributed by atoms with Gasteiger partial charge in [-0.2, -0.15) is 0 Å². The molecule has 0 saturated heterocycles. The maximum Gasteiger partial charge on any atom is 0.248 e. The molecule has 0 spiro atoms. The summed E-state index contributed by atoms with van der Waals surface area (Å²) in [4.78, 5) is 14.1. The van der Waals surface area contributed by atoms with Crippen molar-refractivity contribution in [2.24, 2.45) is 5.73 Å². The predicted molar refractivity (Wildman–Crippen MR) is 82.1 cm³/mol. The van der Waals surface area contributed by atoms with Crippen molar-refractivity contribution in [1.29, 1.82) is 5.41 Å². The Balaban J connectivity index is 1.96. The number of nitrogens with one attached hydrogen (secondary N) is 2. The number of aromatic nitrogens is 1. The van der Waals surface area contributed by atoms with Crippen molar-refractivity contribution in [2.75, 3.05) is 0 Å². The molecular formula is C16H13N3O2. The Kier molecular flexibility index (Phi) is 3.16. The summed E-state index contributed by atoms with van der Waals surface area (Å²) in [5.41, 5.74) is 6.61. The van der Waals surface area contributed by atoms with Gasteiger partial charge in [0.25, 0.3) is 0 Å². The van der Waals surface area contributed by atoms with Crippen molar-refractivity contribution in [3.63, 3.8) is 0 Å². The molecule has 5 heteroatoms. The van der Waals surface area contributed by atoms with Gasteiger partial charge in [-0.25, -0.2) is 0 Å². The second-order valence-corrected chi connectivity index (χ2v) is 4.62. The van der Waals surface area contributed by atoms with E-state index in [1.165, 1.54) is 6.07 Å². The lowest BCUT2D eigenvalue weighted by molar-refractivity contribution is 0.483. The number of rotatable bonds is 3. The van der Waals surface area contributed by atoms with Crippen LogP contribution in [0.1, 0.15) is 5.56 Å². The van der Waals surface area contributed by atoms with Gasteiger partial charge in [0.1, 0.15) is 17.3 Å². The van der Waals surface area contributed by atoms with Gasteiger partial charge < -0.3 is 15.5 Å². The van der Waals surface area contributed by atoms with E-state index in [2.05, 4.69) is 4.98 Å². The summed E-state index contributed by atoms with van der Waals surface area (Å²) in [7, 11) is 0. The molecule has 0 fully saturated rings. The van der Waals surface area contributed by atoms with Gasteiger partial charge in [0.05, 0.1) is 5.52 Å². The first-order chi connectivity index (χ1) is 10.1. The van der Waals surface area contributed by atoms with Gasteiger partial charge in [-0.3, -0.25) is 10.2 Å². The number of hydrogen-bond donors (Lipinski definition) is 3. The second-order valence-electron chi connectivity index (χ2n) is 4.62. The summed E-state index contributed by atoms with van der Waals surface area (Å²) in [6.45, 7) is 0. The molecule has 0 radical (unpaired) electrons. The number of pyridine rings is 1. The molecule has 3 aromatic rings. The molecule has 0 saturated carbocycles. The predicted octanol–water partition coefficient (Wildman–Crippen LogP) is 2.60. The minimum Gasteiger partial charge on any atom is -0.457 e. The maximum atomic E-state index is 11.3. The van der Waals surface area contributed by atoms with Crippen LogP contribution in [0.15, 0.2) is 59.4 Å². The van der Waals surface area contributed by atoms with Crippen LogP contribution in [0.25, 0.3) is 10.9 Å². The summed E-state index contributed by atoms with van der Waals surface area (Å²) in [5, 5.41) is 8.36. The molecule has 0 aliphatic carbocycles. The van der Waals surface area contributed by atoms with Gasteiger partial charge in [-0.05, 0) is 35.7 Å². The molecule has 21 heavy (non-hydrogen) atoms. The normalized spacial score (nSPS) is 10.5. The molecule has 0 bridgehead atoms. The quantitative estimate of drug-likeness (QED) is 0.508. The Morgan fingerprint density at radius 2 is 1.81 bits per heavy atom. The second kappa shape index (κ2) is 5.13. The summed E-state index contributed by atoms with van der Waals surface area (Å²) in [6, 6.07) is 15.7. The van der Waals surface area contributed by atoms with E-state index in [0.717, 1.165) is 5.39 Å². The molecule has 0 unspecified atom stereocenters. The van der Waals surface area contributed by atoms with Crippen LogP contribution in [0.4, 0.5) is 0 Å². The van der Waals surface area contributed by atoms with Gasteiger partial charge in [0, 0.05) is 17.7 Å². The van der Waals surface area contributed by atoms with Crippen molar-refractivity contribution >= 4 is 16.7 Å². The first kappa shape index (κ1) is 12.9. The number of hydrogen-bond acceptors (Lipinski definition) is 3. The lowest BCUT2D eigenvalue weighted by Gasteiger charge is -2.08. The zero-order chi connectivity index (χ0) is 14.8. The SMILES string of the molecule is N=C(N)c1cccc(Oc2ccc3ccc(=O)[nH]c3c2)c1. The number of benzene rings is 2. The summed E-state index contributed by atoms with van der Waals surface area (Å²) in [5.74, 6) is 1.17. The van der Waals surface area contributed by atoms with E-state index in [1.807, 2.05) is 12.1 Å². The van der Waals surface area contributed by atoms with Crippen LogP contribution in [-0.4, -0.2) is 10.8 Å². The highest BCUT2D eigenvalue weighted by Gasteiger charge is 2.03. The average molecular weight is 279 g/mol. The van der Waals surface area contributed by atoms with E-state index in [-0.39, 0.29) is 11.4 Å². The van der Waals surface area contributed by atoms with Crippen molar-refractivity contribution in [3.05, 3.63) is 70.5 Å². The number of amidine groups is 1. The zero-order valence-corrected chi connectivity index (χ0v) is 11.1. The van der Waals surface area contributed by atoms with Crippen molar-refractivity contribution in [3.8, 4) is 11.5 Å². The largest absolute Gasteiger partial charge is 0.457 e. The van der Waals surface area contributed by atoms with Crippen LogP contribution in [0, 0.1) is 5.41 Å². The van der Waals surface area contributed by atoms with E-state index in [9.17, 15) is 4.79 Å². The number of nitrogens with two attached hydrogens (primary N) is 1. The van der Waals surface area contributed by atoms with E-state index >= 15 is 0 Å². The van der Waals surface area contributed by atoms with Gasteiger partial charge in [0.2, 0.25) is 5.56 Å². The Morgan fingerprint density at radius 1 is 1.05 bits per heavy atom. The number of nitrogen functional groups attached to an aromatic ring is 1. The highest BCUT2D eigenvalue weighted by atomic mass is 16.5. The first-order valence-corrected chi connectivity index (χ1v) is 6.37. The van der Waals surface area contributed by atoms with Crippen LogP contribution in [0.2, 0.25) is 0 Å². The molecule has 0 aliphatic heterocycles. The Hall–Kier alpha value is -3.08. The first-order valence-electron chi connectivity index (χ1n) is 6.37. The van der Waals surface area contributed by atoms with E-state index < -0.39 is 0 Å². The molecule has 104 valence electrons. The molecule has 0 amide bonds. The third kappa shape index (κ3) is 2.76. The average Bonchev–Trinajstić information content (AvgIpc) is 2.47. The molecule has 0 atom stereocenters. The highest BCUT2D eigenvalue weighted by molar-refractivity contribution is 5.95. The van der Waals surface area contributed by atoms with Crippen molar-refractivity contribution < 1.29 is 4.74 Å². The molecular weight excluding hydrogens is 266 g/mol. The monoisotopic (exact) mass is 279 g/mol. The van der Waals surface area contributed by atoms with Gasteiger partial charge in [-0.15, -0.1) is 0 Å². The highest BCUT2D eigenvalue weighted by Crippen LogP contribution is 2.24. The molecule has 0 aliphatic rings. The standard InChI is InChI=1S/C16H13N3O2/c17-16(18)11-2-1-3-12(8-11)21-13-6-4-10-5-7-15(20)19-14(10)9-13/h1-9H,(H3,17,18)(H,19,20). The molecule has 1 heterocycles. The van der Waals surface area contributed by atoms with Crippen LogP contribution in [-0.2, 0) is 0 Å². The van der Waals surface area contributed by atoms with Gasteiger partial charge in [0.15, 0.2) is 0 Å². The third-order valence-electron chi connectivity index (χ3n) is 3.08. The Labute approximate surface area is 120 Å². The lowest BCUT2D eigenvalue weighted by atomic mass is 10.2.